The van der Waals surface area contributed by atoms with Crippen molar-refractivity contribution in [2.45, 2.75) is 30.7 Å². The number of hydrogen-bond acceptors (Lipinski definition) is 4. The first kappa shape index (κ1) is 23.2. The van der Waals surface area contributed by atoms with Gasteiger partial charge in [-0.1, -0.05) is 41.9 Å². The minimum atomic E-state index is -3.90. The molecule has 9 heteroatoms. The number of carbonyl (C=O) groups is 2. The van der Waals surface area contributed by atoms with Crippen LogP contribution in [-0.2, 0) is 26.2 Å². The summed E-state index contributed by atoms with van der Waals surface area (Å²) >= 11 is 5.89. The second-order valence-corrected chi connectivity index (χ2v) is 9.77. The second-order valence-electron chi connectivity index (χ2n) is 7.40. The highest BCUT2D eigenvalue weighted by molar-refractivity contribution is 7.89. The van der Waals surface area contributed by atoms with E-state index in [1.807, 2.05) is 30.3 Å². The van der Waals surface area contributed by atoms with Gasteiger partial charge in [-0.15, -0.1) is 0 Å². The van der Waals surface area contributed by atoms with Crippen LogP contribution in [0, 0.1) is 0 Å². The zero-order chi connectivity index (χ0) is 22.3. The normalized spacial score (nSPS) is 14.3. The second kappa shape index (κ2) is 10.7. The van der Waals surface area contributed by atoms with E-state index in [9.17, 15) is 18.0 Å². The maximum atomic E-state index is 13.2. The molecule has 2 amide bonds. The molecule has 166 valence electrons. The van der Waals surface area contributed by atoms with Gasteiger partial charge < -0.3 is 10.2 Å². The number of benzene rings is 2. The van der Waals surface area contributed by atoms with Gasteiger partial charge in [0.15, 0.2) is 0 Å². The Morgan fingerprint density at radius 3 is 2.45 bits per heavy atom. The predicted octanol–water partition coefficient (Wildman–Crippen LogP) is 2.66. The summed E-state index contributed by atoms with van der Waals surface area (Å²) in [6, 6.07) is 15.0. The monoisotopic (exact) mass is 463 g/mol. The Bertz CT molecular complexity index is 997. The molecule has 1 N–H and O–H groups in total. The first-order valence-electron chi connectivity index (χ1n) is 10.2. The summed E-state index contributed by atoms with van der Waals surface area (Å²) in [6.07, 6.45) is 2.09. The smallest absolute Gasteiger partial charge is 0.243 e. The van der Waals surface area contributed by atoms with Crippen molar-refractivity contribution in [3.63, 3.8) is 0 Å². The van der Waals surface area contributed by atoms with Crippen molar-refractivity contribution in [2.24, 2.45) is 0 Å². The summed E-state index contributed by atoms with van der Waals surface area (Å²) in [4.78, 5) is 26.0. The average molecular weight is 464 g/mol. The predicted molar refractivity (Wildman–Crippen MR) is 119 cm³/mol. The number of halogens is 1. The van der Waals surface area contributed by atoms with Gasteiger partial charge >= 0.3 is 0 Å². The fourth-order valence-corrected chi connectivity index (χ4v) is 4.93. The molecule has 0 unspecified atom stereocenters. The fourth-order valence-electron chi connectivity index (χ4n) is 3.42. The van der Waals surface area contributed by atoms with Gasteiger partial charge in [0.1, 0.15) is 0 Å². The number of nitrogens with one attached hydrogen (secondary N) is 1. The van der Waals surface area contributed by atoms with Crippen molar-refractivity contribution < 1.29 is 18.0 Å². The van der Waals surface area contributed by atoms with E-state index in [0.717, 1.165) is 22.8 Å². The number of hydrogen-bond donors (Lipinski definition) is 1. The third-order valence-corrected chi connectivity index (χ3v) is 7.13. The summed E-state index contributed by atoms with van der Waals surface area (Å²) < 4.78 is 27.5. The number of carbonyl (C=O) groups excluding carboxylic acids is 2. The molecule has 0 aliphatic carbocycles. The van der Waals surface area contributed by atoms with E-state index in [2.05, 4.69) is 5.32 Å². The maximum absolute atomic E-state index is 13.2. The summed E-state index contributed by atoms with van der Waals surface area (Å²) in [5.74, 6) is -0.240. The molecule has 1 saturated heterocycles. The molecule has 0 bridgehead atoms. The first-order chi connectivity index (χ1) is 14.9. The molecule has 1 aliphatic heterocycles. The van der Waals surface area contributed by atoms with Crippen molar-refractivity contribution in [1.29, 1.82) is 0 Å². The molecule has 0 aromatic heterocycles. The van der Waals surface area contributed by atoms with Crippen LogP contribution in [0.4, 0.5) is 0 Å². The summed E-state index contributed by atoms with van der Waals surface area (Å²) in [5.41, 5.74) is 0.778. The Labute approximate surface area is 188 Å². The summed E-state index contributed by atoms with van der Waals surface area (Å²) in [7, 11) is -3.90. The van der Waals surface area contributed by atoms with Crippen LogP contribution >= 0.6 is 11.6 Å². The number of amides is 2. The van der Waals surface area contributed by atoms with Gasteiger partial charge in [0.05, 0.1) is 11.4 Å². The van der Waals surface area contributed by atoms with Crippen molar-refractivity contribution in [2.75, 3.05) is 26.2 Å². The average Bonchev–Trinajstić information content (AvgIpc) is 3.16. The zero-order valence-corrected chi connectivity index (χ0v) is 18.7. The highest BCUT2D eigenvalue weighted by Crippen LogP contribution is 2.20. The molecule has 1 fully saturated rings. The standard InChI is InChI=1S/C22H26ClN3O4S/c23-19-9-11-20(12-10-19)31(29,30)26(16-18-6-2-1-3-7-18)17-21(27)24-13-5-15-25-14-4-8-22(25)28/h1-3,6-7,9-12H,4-5,8,13-17H2,(H,24,27). The molecule has 3 rings (SSSR count). The van der Waals surface area contributed by atoms with Gasteiger partial charge in [-0.25, -0.2) is 8.42 Å². The number of rotatable bonds is 10. The van der Waals surface area contributed by atoms with Gasteiger partial charge in [0.25, 0.3) is 0 Å². The van der Waals surface area contributed by atoms with Gasteiger partial charge in [0.2, 0.25) is 21.8 Å². The van der Waals surface area contributed by atoms with Crippen LogP contribution < -0.4 is 5.32 Å². The van der Waals surface area contributed by atoms with Crippen LogP contribution in [0.25, 0.3) is 0 Å². The van der Waals surface area contributed by atoms with Crippen LogP contribution in [0.2, 0.25) is 5.02 Å². The Balaban J connectivity index is 1.64. The minimum Gasteiger partial charge on any atom is -0.355 e. The van der Waals surface area contributed by atoms with E-state index in [4.69, 9.17) is 11.6 Å². The highest BCUT2D eigenvalue weighted by atomic mass is 35.5. The molecule has 2 aromatic rings. The fraction of sp³-hybridized carbons (Fsp3) is 0.364. The molecule has 7 nitrogen and oxygen atoms in total. The largest absolute Gasteiger partial charge is 0.355 e. The van der Waals surface area contributed by atoms with Crippen LogP contribution in [0.3, 0.4) is 0 Å². The molecule has 31 heavy (non-hydrogen) atoms. The van der Waals surface area contributed by atoms with Crippen LogP contribution in [0.5, 0.6) is 0 Å². The van der Waals surface area contributed by atoms with Crippen LogP contribution in [0.15, 0.2) is 59.5 Å². The van der Waals surface area contributed by atoms with Crippen molar-refractivity contribution >= 4 is 33.4 Å². The molecule has 2 aromatic carbocycles. The summed E-state index contributed by atoms with van der Waals surface area (Å²) in [6.45, 7) is 1.50. The van der Waals surface area contributed by atoms with E-state index < -0.39 is 10.0 Å². The lowest BCUT2D eigenvalue weighted by Crippen LogP contribution is -2.41. The van der Waals surface area contributed by atoms with E-state index in [-0.39, 0.29) is 29.8 Å². The number of likely N-dealkylation sites (tertiary alicyclic amines) is 1. The molecule has 1 aliphatic rings. The van der Waals surface area contributed by atoms with E-state index >= 15 is 0 Å². The Kier molecular flexibility index (Phi) is 8.06. The number of nitrogens with zero attached hydrogens (tertiary/aromatic N) is 2. The van der Waals surface area contributed by atoms with Gasteiger partial charge in [-0.05, 0) is 42.7 Å². The van der Waals surface area contributed by atoms with Gasteiger partial charge in [-0.2, -0.15) is 4.31 Å². The molecule has 0 saturated carbocycles. The van der Waals surface area contributed by atoms with E-state index in [1.165, 1.54) is 24.3 Å². The maximum Gasteiger partial charge on any atom is 0.243 e. The van der Waals surface area contributed by atoms with Gasteiger partial charge in [-0.3, -0.25) is 9.59 Å². The minimum absolute atomic E-state index is 0.0709. The van der Waals surface area contributed by atoms with Crippen molar-refractivity contribution in [1.82, 2.24) is 14.5 Å². The molecule has 0 radical (unpaired) electrons. The number of sulfonamides is 1. The third-order valence-electron chi connectivity index (χ3n) is 5.07. The lowest BCUT2D eigenvalue weighted by Gasteiger charge is -2.22. The molecular formula is C22H26ClN3O4S. The SMILES string of the molecule is O=C(CN(Cc1ccccc1)S(=O)(=O)c1ccc(Cl)cc1)NCCCN1CCCC1=O. The van der Waals surface area contributed by atoms with Crippen molar-refractivity contribution in [3.8, 4) is 0 Å². The zero-order valence-electron chi connectivity index (χ0n) is 17.2. The Morgan fingerprint density at radius 2 is 1.81 bits per heavy atom. The first-order valence-corrected chi connectivity index (χ1v) is 12.0. The Hall–Kier alpha value is -2.42. The lowest BCUT2D eigenvalue weighted by molar-refractivity contribution is -0.127. The van der Waals surface area contributed by atoms with E-state index in [0.29, 0.717) is 31.0 Å². The molecule has 0 spiro atoms. The van der Waals surface area contributed by atoms with Crippen LogP contribution in [0.1, 0.15) is 24.8 Å². The topological polar surface area (TPSA) is 86.8 Å². The van der Waals surface area contributed by atoms with Crippen LogP contribution in [-0.4, -0.2) is 55.6 Å². The quantitative estimate of drug-likeness (QED) is 0.549. The van der Waals surface area contributed by atoms with Crippen molar-refractivity contribution in [3.05, 3.63) is 65.2 Å². The molecular weight excluding hydrogens is 438 g/mol. The lowest BCUT2D eigenvalue weighted by atomic mass is 10.2. The summed E-state index contributed by atoms with van der Waals surface area (Å²) in [5, 5.41) is 3.20. The van der Waals surface area contributed by atoms with E-state index in [1.54, 1.807) is 4.90 Å². The third kappa shape index (κ3) is 6.53. The molecule has 0 atom stereocenters. The van der Waals surface area contributed by atoms with Gasteiger partial charge in [0, 0.05) is 37.6 Å². The molecule has 1 heterocycles. The highest BCUT2D eigenvalue weighted by Gasteiger charge is 2.27. The Morgan fingerprint density at radius 1 is 1.10 bits per heavy atom.